The van der Waals surface area contributed by atoms with Gasteiger partial charge in [0, 0.05) is 32.7 Å². The van der Waals surface area contributed by atoms with Crippen LogP contribution in [-0.2, 0) is 17.8 Å². The van der Waals surface area contributed by atoms with E-state index in [1.807, 2.05) is 18.2 Å². The van der Waals surface area contributed by atoms with Gasteiger partial charge in [0.25, 0.3) is 0 Å². The van der Waals surface area contributed by atoms with Gasteiger partial charge in [-0.15, -0.1) is 0 Å². The second-order valence-electron chi connectivity index (χ2n) is 7.91. The molecular weight excluding hydrogens is 408 g/mol. The summed E-state index contributed by atoms with van der Waals surface area (Å²) in [6.45, 7) is 4.83. The maximum atomic E-state index is 12.6. The highest BCUT2D eigenvalue weighted by atomic mass is 35.5. The van der Waals surface area contributed by atoms with Gasteiger partial charge >= 0.3 is 5.97 Å². The Balaban J connectivity index is 1.44. The Kier molecular flexibility index (Phi) is 7.36. The molecule has 1 atom stereocenters. The van der Waals surface area contributed by atoms with E-state index in [1.165, 1.54) is 11.1 Å². The van der Waals surface area contributed by atoms with E-state index in [0.717, 1.165) is 32.7 Å². The number of rotatable bonds is 7. The van der Waals surface area contributed by atoms with Crippen LogP contribution in [-0.4, -0.2) is 48.1 Å². The van der Waals surface area contributed by atoms with E-state index in [2.05, 4.69) is 58.3 Å². The van der Waals surface area contributed by atoms with Crippen molar-refractivity contribution in [2.45, 2.75) is 19.1 Å². The fourth-order valence-electron chi connectivity index (χ4n) is 4.00. The standard InChI is InChI=1S/C26H27ClN2O2/c27-25-14-8-7-13-24(25)26(30)31-20-23-19-28(17-21-9-3-1-4-10-21)15-16-29(23)18-22-11-5-2-6-12-22/h1-14,23H,15-20H2/t23-/m0/s1. The highest BCUT2D eigenvalue weighted by Gasteiger charge is 2.28. The quantitative estimate of drug-likeness (QED) is 0.496. The first-order valence-corrected chi connectivity index (χ1v) is 11.0. The summed E-state index contributed by atoms with van der Waals surface area (Å²) in [5, 5.41) is 0.419. The average molecular weight is 435 g/mol. The summed E-state index contributed by atoms with van der Waals surface area (Å²) in [4.78, 5) is 17.5. The third-order valence-electron chi connectivity index (χ3n) is 5.67. The molecule has 3 aromatic carbocycles. The molecule has 4 rings (SSSR count). The van der Waals surface area contributed by atoms with Crippen LogP contribution in [0.5, 0.6) is 0 Å². The van der Waals surface area contributed by atoms with Crippen LogP contribution in [0.4, 0.5) is 0 Å². The number of carbonyl (C=O) groups excluding carboxylic acids is 1. The van der Waals surface area contributed by atoms with Gasteiger partial charge in [0.15, 0.2) is 0 Å². The summed E-state index contributed by atoms with van der Waals surface area (Å²) >= 11 is 6.17. The fraction of sp³-hybridized carbons (Fsp3) is 0.269. The molecule has 1 fully saturated rings. The number of hydrogen-bond acceptors (Lipinski definition) is 4. The number of halogens is 1. The fourth-order valence-corrected chi connectivity index (χ4v) is 4.22. The molecule has 0 N–H and O–H groups in total. The molecule has 0 bridgehead atoms. The molecule has 160 valence electrons. The Morgan fingerprint density at radius 1 is 0.839 bits per heavy atom. The normalized spacial score (nSPS) is 17.4. The third-order valence-corrected chi connectivity index (χ3v) is 6.00. The molecule has 0 spiro atoms. The van der Waals surface area contributed by atoms with Crippen LogP contribution in [0.25, 0.3) is 0 Å². The van der Waals surface area contributed by atoms with E-state index < -0.39 is 0 Å². The van der Waals surface area contributed by atoms with Gasteiger partial charge in [-0.1, -0.05) is 84.4 Å². The largest absolute Gasteiger partial charge is 0.460 e. The lowest BCUT2D eigenvalue weighted by atomic mass is 10.1. The predicted molar refractivity (Wildman–Crippen MR) is 124 cm³/mol. The van der Waals surface area contributed by atoms with Crippen molar-refractivity contribution in [3.63, 3.8) is 0 Å². The minimum atomic E-state index is -0.370. The summed E-state index contributed by atoms with van der Waals surface area (Å²) in [7, 11) is 0. The van der Waals surface area contributed by atoms with Crippen molar-refractivity contribution in [3.05, 3.63) is 107 Å². The summed E-state index contributed by atoms with van der Waals surface area (Å²) in [6.07, 6.45) is 0. The van der Waals surface area contributed by atoms with Crippen LogP contribution in [0.1, 0.15) is 21.5 Å². The van der Waals surface area contributed by atoms with Crippen molar-refractivity contribution < 1.29 is 9.53 Å². The second-order valence-corrected chi connectivity index (χ2v) is 8.32. The van der Waals surface area contributed by atoms with Gasteiger partial charge in [-0.2, -0.15) is 0 Å². The van der Waals surface area contributed by atoms with Crippen molar-refractivity contribution >= 4 is 17.6 Å². The lowest BCUT2D eigenvalue weighted by Crippen LogP contribution is -2.54. The van der Waals surface area contributed by atoms with E-state index in [9.17, 15) is 4.79 Å². The highest BCUT2D eigenvalue weighted by Crippen LogP contribution is 2.19. The molecular formula is C26H27ClN2O2. The molecule has 5 heteroatoms. The van der Waals surface area contributed by atoms with Crippen molar-refractivity contribution in [3.8, 4) is 0 Å². The van der Waals surface area contributed by atoms with Crippen LogP contribution < -0.4 is 0 Å². The molecule has 0 saturated carbocycles. The topological polar surface area (TPSA) is 32.8 Å². The number of benzene rings is 3. The van der Waals surface area contributed by atoms with Crippen LogP contribution in [0.2, 0.25) is 5.02 Å². The van der Waals surface area contributed by atoms with Crippen molar-refractivity contribution in [2.24, 2.45) is 0 Å². The van der Waals surface area contributed by atoms with E-state index in [0.29, 0.717) is 17.2 Å². The number of nitrogens with zero attached hydrogens (tertiary/aromatic N) is 2. The number of piperazine rings is 1. The van der Waals surface area contributed by atoms with Gasteiger partial charge in [0.05, 0.1) is 16.6 Å². The SMILES string of the molecule is O=C(OC[C@@H]1CN(Cc2ccccc2)CCN1Cc1ccccc1)c1ccccc1Cl. The molecule has 0 aromatic heterocycles. The summed E-state index contributed by atoms with van der Waals surface area (Å²) in [5.74, 6) is -0.370. The van der Waals surface area contributed by atoms with Gasteiger partial charge in [0.1, 0.15) is 6.61 Å². The average Bonchev–Trinajstić information content (AvgIpc) is 2.80. The van der Waals surface area contributed by atoms with E-state index in [4.69, 9.17) is 16.3 Å². The smallest absolute Gasteiger partial charge is 0.339 e. The molecule has 0 radical (unpaired) electrons. The van der Waals surface area contributed by atoms with Gasteiger partial charge in [0.2, 0.25) is 0 Å². The minimum absolute atomic E-state index is 0.115. The second kappa shape index (κ2) is 10.6. The molecule has 1 heterocycles. The molecule has 0 aliphatic carbocycles. The van der Waals surface area contributed by atoms with Gasteiger partial charge < -0.3 is 4.74 Å². The Morgan fingerprint density at radius 2 is 1.45 bits per heavy atom. The van der Waals surface area contributed by atoms with Crippen LogP contribution in [0.3, 0.4) is 0 Å². The Hall–Kier alpha value is -2.66. The molecule has 1 aliphatic heterocycles. The first-order chi connectivity index (χ1) is 15.2. The molecule has 3 aromatic rings. The van der Waals surface area contributed by atoms with Gasteiger partial charge in [-0.05, 0) is 23.3 Å². The van der Waals surface area contributed by atoms with Gasteiger partial charge in [-0.3, -0.25) is 9.80 Å². The lowest BCUT2D eigenvalue weighted by Gasteiger charge is -2.41. The predicted octanol–water partition coefficient (Wildman–Crippen LogP) is 4.88. The van der Waals surface area contributed by atoms with Gasteiger partial charge in [-0.25, -0.2) is 4.79 Å². The first kappa shape index (κ1) is 21.6. The molecule has 1 aliphatic rings. The van der Waals surface area contributed by atoms with Crippen molar-refractivity contribution in [1.29, 1.82) is 0 Å². The van der Waals surface area contributed by atoms with Crippen molar-refractivity contribution in [2.75, 3.05) is 26.2 Å². The lowest BCUT2D eigenvalue weighted by molar-refractivity contribution is 0.00675. The highest BCUT2D eigenvalue weighted by molar-refractivity contribution is 6.33. The zero-order chi connectivity index (χ0) is 21.5. The molecule has 31 heavy (non-hydrogen) atoms. The number of esters is 1. The Morgan fingerprint density at radius 3 is 2.13 bits per heavy atom. The summed E-state index contributed by atoms with van der Waals surface area (Å²) in [6, 6.07) is 28.1. The van der Waals surface area contributed by atoms with E-state index in [-0.39, 0.29) is 12.0 Å². The Labute approximate surface area is 189 Å². The maximum Gasteiger partial charge on any atom is 0.339 e. The van der Waals surface area contributed by atoms with Crippen molar-refractivity contribution in [1.82, 2.24) is 9.80 Å². The van der Waals surface area contributed by atoms with Crippen LogP contribution >= 0.6 is 11.6 Å². The van der Waals surface area contributed by atoms with E-state index >= 15 is 0 Å². The minimum Gasteiger partial charge on any atom is -0.460 e. The zero-order valence-electron chi connectivity index (χ0n) is 17.5. The summed E-state index contributed by atoms with van der Waals surface area (Å²) in [5.41, 5.74) is 2.97. The molecule has 0 amide bonds. The van der Waals surface area contributed by atoms with Crippen LogP contribution in [0, 0.1) is 0 Å². The van der Waals surface area contributed by atoms with Crippen LogP contribution in [0.15, 0.2) is 84.9 Å². The summed E-state index contributed by atoms with van der Waals surface area (Å²) < 4.78 is 5.72. The molecule has 4 nitrogen and oxygen atoms in total. The third kappa shape index (κ3) is 5.95. The molecule has 0 unspecified atom stereocenters. The number of carbonyl (C=O) groups is 1. The zero-order valence-corrected chi connectivity index (χ0v) is 18.2. The first-order valence-electron chi connectivity index (χ1n) is 10.6. The monoisotopic (exact) mass is 434 g/mol. The molecule has 1 saturated heterocycles. The number of ether oxygens (including phenoxy) is 1. The maximum absolute atomic E-state index is 12.6. The number of hydrogen-bond donors (Lipinski definition) is 0. The Bertz CT molecular complexity index is 981. The van der Waals surface area contributed by atoms with E-state index in [1.54, 1.807) is 18.2 Å².